The first-order valence-corrected chi connectivity index (χ1v) is 7.83. The smallest absolute Gasteiger partial charge is 0.168 e. The second-order valence-corrected chi connectivity index (χ2v) is 5.65. The van der Waals surface area contributed by atoms with Crippen LogP contribution >= 0.6 is 0 Å². The van der Waals surface area contributed by atoms with Crippen LogP contribution in [0.1, 0.15) is 33.1 Å². The van der Waals surface area contributed by atoms with Crippen molar-refractivity contribution in [1.82, 2.24) is 9.88 Å². The number of rotatable bonds is 7. The van der Waals surface area contributed by atoms with Crippen molar-refractivity contribution >= 4 is 5.82 Å². The second-order valence-electron chi connectivity index (χ2n) is 5.65. The quantitative estimate of drug-likeness (QED) is 0.831. The molecule has 2 heterocycles. The van der Waals surface area contributed by atoms with E-state index in [9.17, 15) is 0 Å². The highest BCUT2D eigenvalue weighted by Gasteiger charge is 2.15. The second kappa shape index (κ2) is 8.10. The molecule has 20 heavy (non-hydrogen) atoms. The standard InChI is InChI=1S/C16H27N3O/c1-3-13-20-15-5-4-8-17-16(15)18-9-12-19-10-6-14(2)7-11-19/h4-5,8,14H,3,6-7,9-13H2,1-2H3,(H,17,18). The van der Waals surface area contributed by atoms with Gasteiger partial charge >= 0.3 is 0 Å². The number of aromatic nitrogens is 1. The van der Waals surface area contributed by atoms with Crippen LogP contribution in [0.3, 0.4) is 0 Å². The van der Waals surface area contributed by atoms with Crippen LogP contribution in [0.5, 0.6) is 5.75 Å². The number of likely N-dealkylation sites (tertiary alicyclic amines) is 1. The maximum Gasteiger partial charge on any atom is 0.168 e. The predicted molar refractivity (Wildman–Crippen MR) is 83.4 cm³/mol. The van der Waals surface area contributed by atoms with E-state index < -0.39 is 0 Å². The van der Waals surface area contributed by atoms with Gasteiger partial charge < -0.3 is 15.0 Å². The number of anilines is 1. The van der Waals surface area contributed by atoms with Crippen molar-refractivity contribution in [1.29, 1.82) is 0 Å². The molecule has 0 aliphatic carbocycles. The molecule has 1 fully saturated rings. The first-order chi connectivity index (χ1) is 9.79. The molecule has 112 valence electrons. The number of pyridine rings is 1. The summed E-state index contributed by atoms with van der Waals surface area (Å²) in [6.45, 7) is 9.66. The minimum absolute atomic E-state index is 0.740. The van der Waals surface area contributed by atoms with Crippen LogP contribution < -0.4 is 10.1 Å². The van der Waals surface area contributed by atoms with Gasteiger partial charge in [0, 0.05) is 19.3 Å². The van der Waals surface area contributed by atoms with Gasteiger partial charge in [-0.15, -0.1) is 0 Å². The third kappa shape index (κ3) is 4.67. The van der Waals surface area contributed by atoms with Crippen LogP contribution in [0.4, 0.5) is 5.82 Å². The summed E-state index contributed by atoms with van der Waals surface area (Å²) in [5.41, 5.74) is 0. The molecule has 2 rings (SSSR count). The summed E-state index contributed by atoms with van der Waals surface area (Å²) in [7, 11) is 0. The summed E-state index contributed by atoms with van der Waals surface area (Å²) < 4.78 is 5.70. The van der Waals surface area contributed by atoms with E-state index in [1.54, 1.807) is 0 Å². The van der Waals surface area contributed by atoms with Gasteiger partial charge in [-0.1, -0.05) is 13.8 Å². The fourth-order valence-corrected chi connectivity index (χ4v) is 2.47. The van der Waals surface area contributed by atoms with Gasteiger partial charge in [0.15, 0.2) is 11.6 Å². The molecule has 1 saturated heterocycles. The Morgan fingerprint density at radius 3 is 2.95 bits per heavy atom. The predicted octanol–water partition coefficient (Wildman–Crippen LogP) is 3.01. The van der Waals surface area contributed by atoms with Crippen LogP contribution in [-0.2, 0) is 0 Å². The van der Waals surface area contributed by atoms with E-state index in [-0.39, 0.29) is 0 Å². The van der Waals surface area contributed by atoms with Crippen molar-refractivity contribution < 1.29 is 4.74 Å². The number of hydrogen-bond donors (Lipinski definition) is 1. The van der Waals surface area contributed by atoms with Crippen LogP contribution in [-0.4, -0.2) is 42.7 Å². The lowest BCUT2D eigenvalue weighted by Gasteiger charge is -2.30. The zero-order chi connectivity index (χ0) is 14.2. The van der Waals surface area contributed by atoms with E-state index >= 15 is 0 Å². The van der Waals surface area contributed by atoms with E-state index in [0.29, 0.717) is 0 Å². The normalized spacial score (nSPS) is 17.1. The van der Waals surface area contributed by atoms with Gasteiger partial charge in [0.1, 0.15) is 0 Å². The van der Waals surface area contributed by atoms with Crippen molar-refractivity contribution in [2.24, 2.45) is 5.92 Å². The number of nitrogens with one attached hydrogen (secondary N) is 1. The van der Waals surface area contributed by atoms with Gasteiger partial charge in [-0.3, -0.25) is 0 Å². The molecule has 1 aliphatic rings. The SMILES string of the molecule is CCCOc1cccnc1NCCN1CCC(C)CC1. The topological polar surface area (TPSA) is 37.4 Å². The Morgan fingerprint density at radius 2 is 2.20 bits per heavy atom. The van der Waals surface area contributed by atoms with Crippen LogP contribution in [0, 0.1) is 5.92 Å². The molecule has 1 aromatic heterocycles. The zero-order valence-electron chi connectivity index (χ0n) is 12.8. The van der Waals surface area contributed by atoms with Crippen molar-refractivity contribution in [3.63, 3.8) is 0 Å². The van der Waals surface area contributed by atoms with E-state index in [2.05, 4.69) is 29.0 Å². The largest absolute Gasteiger partial charge is 0.490 e. The van der Waals surface area contributed by atoms with Gasteiger partial charge in [0.2, 0.25) is 0 Å². The van der Waals surface area contributed by atoms with Crippen LogP contribution in [0.15, 0.2) is 18.3 Å². The third-order valence-electron chi connectivity index (χ3n) is 3.83. The number of ether oxygens (including phenoxy) is 1. The van der Waals surface area contributed by atoms with Crippen LogP contribution in [0.2, 0.25) is 0 Å². The van der Waals surface area contributed by atoms with Crippen molar-refractivity contribution in [2.75, 3.05) is 38.1 Å². The van der Waals surface area contributed by atoms with E-state index in [1.807, 2.05) is 18.3 Å². The van der Waals surface area contributed by atoms with Gasteiger partial charge in [-0.05, 0) is 50.4 Å². The minimum atomic E-state index is 0.740. The fourth-order valence-electron chi connectivity index (χ4n) is 2.47. The first-order valence-electron chi connectivity index (χ1n) is 7.83. The molecule has 0 amide bonds. The lowest BCUT2D eigenvalue weighted by molar-refractivity contribution is 0.199. The lowest BCUT2D eigenvalue weighted by Crippen LogP contribution is -2.36. The summed E-state index contributed by atoms with van der Waals surface area (Å²) in [6, 6.07) is 3.90. The van der Waals surface area contributed by atoms with Crippen molar-refractivity contribution in [3.05, 3.63) is 18.3 Å². The molecule has 1 N–H and O–H groups in total. The number of hydrogen-bond acceptors (Lipinski definition) is 4. The Hall–Kier alpha value is -1.29. The van der Waals surface area contributed by atoms with Gasteiger partial charge in [0.05, 0.1) is 6.61 Å². The maximum absolute atomic E-state index is 5.70. The monoisotopic (exact) mass is 277 g/mol. The average Bonchev–Trinajstić information content (AvgIpc) is 2.48. The Kier molecular flexibility index (Phi) is 6.12. The van der Waals surface area contributed by atoms with Crippen LogP contribution in [0.25, 0.3) is 0 Å². The summed E-state index contributed by atoms with van der Waals surface area (Å²) in [6.07, 6.45) is 5.48. The molecule has 0 bridgehead atoms. The van der Waals surface area contributed by atoms with Crippen molar-refractivity contribution in [2.45, 2.75) is 33.1 Å². The highest BCUT2D eigenvalue weighted by molar-refractivity contribution is 5.49. The molecule has 0 radical (unpaired) electrons. The number of nitrogens with zero attached hydrogens (tertiary/aromatic N) is 2. The van der Waals surface area contributed by atoms with Crippen molar-refractivity contribution in [3.8, 4) is 5.75 Å². The van der Waals surface area contributed by atoms with E-state index in [0.717, 1.165) is 43.6 Å². The highest BCUT2D eigenvalue weighted by Crippen LogP contribution is 2.21. The average molecular weight is 277 g/mol. The Morgan fingerprint density at radius 1 is 1.40 bits per heavy atom. The lowest BCUT2D eigenvalue weighted by atomic mass is 9.99. The molecular weight excluding hydrogens is 250 g/mol. The Bertz CT molecular complexity index is 389. The van der Waals surface area contributed by atoms with E-state index in [1.165, 1.54) is 25.9 Å². The summed E-state index contributed by atoms with van der Waals surface area (Å²) in [4.78, 5) is 6.90. The first kappa shape index (κ1) is 15.1. The zero-order valence-corrected chi connectivity index (χ0v) is 12.8. The Balaban J connectivity index is 1.76. The number of piperidine rings is 1. The molecule has 1 aliphatic heterocycles. The molecule has 0 aromatic carbocycles. The highest BCUT2D eigenvalue weighted by atomic mass is 16.5. The van der Waals surface area contributed by atoms with E-state index in [4.69, 9.17) is 4.74 Å². The van der Waals surface area contributed by atoms with Gasteiger partial charge in [0.25, 0.3) is 0 Å². The minimum Gasteiger partial charge on any atom is -0.490 e. The molecule has 0 spiro atoms. The molecule has 0 saturated carbocycles. The summed E-state index contributed by atoms with van der Waals surface area (Å²) in [5.74, 6) is 2.62. The molecule has 1 aromatic rings. The molecule has 4 heteroatoms. The van der Waals surface area contributed by atoms with Gasteiger partial charge in [-0.25, -0.2) is 4.98 Å². The Labute approximate surface area is 122 Å². The molecule has 4 nitrogen and oxygen atoms in total. The summed E-state index contributed by atoms with van der Waals surface area (Å²) >= 11 is 0. The maximum atomic E-state index is 5.70. The molecular formula is C16H27N3O. The summed E-state index contributed by atoms with van der Waals surface area (Å²) in [5, 5.41) is 3.40. The third-order valence-corrected chi connectivity index (χ3v) is 3.83. The fraction of sp³-hybridized carbons (Fsp3) is 0.688. The molecule has 0 unspecified atom stereocenters. The van der Waals surface area contributed by atoms with Gasteiger partial charge in [-0.2, -0.15) is 0 Å². The molecule has 0 atom stereocenters.